The lowest BCUT2D eigenvalue weighted by atomic mass is 10.0. The molecule has 7 aromatic carbocycles. The maximum Gasteiger partial charge on any atom is 0.161 e. The van der Waals surface area contributed by atoms with Gasteiger partial charge in [0.25, 0.3) is 0 Å². The highest BCUT2D eigenvalue weighted by molar-refractivity contribution is 7.27. The summed E-state index contributed by atoms with van der Waals surface area (Å²) in [5.41, 5.74) is 11.0. The van der Waals surface area contributed by atoms with Gasteiger partial charge in [0.15, 0.2) is 5.82 Å². The summed E-state index contributed by atoms with van der Waals surface area (Å²) in [6, 6.07) is 62.3. The first-order valence-corrected chi connectivity index (χ1v) is 17.7. The number of thiophene rings is 1. The van der Waals surface area contributed by atoms with E-state index in [-0.39, 0.29) is 0 Å². The van der Waals surface area contributed by atoms with Crippen molar-refractivity contribution in [2.75, 3.05) is 0 Å². The van der Waals surface area contributed by atoms with Crippen LogP contribution in [0.15, 0.2) is 176 Å². The molecule has 50 heavy (non-hydrogen) atoms. The standard InChI is InChI=1S/C46H29N3S/c1-5-14-30(15-6-1)33-24-26-41-38(28-33)43-42(49(41)34-20-11-4-12-21-34)27-25-36-35-22-13-23-37(44(35)50-45(36)43)46-47-39(31-16-7-2-8-17-31)29-40(48-46)32-18-9-3-10-19-32/h1-29H. The molecule has 0 unspecified atom stereocenters. The summed E-state index contributed by atoms with van der Waals surface area (Å²) in [6.45, 7) is 0. The van der Waals surface area contributed by atoms with E-state index >= 15 is 0 Å². The van der Waals surface area contributed by atoms with Gasteiger partial charge in [0.2, 0.25) is 0 Å². The van der Waals surface area contributed by atoms with Crippen LogP contribution in [0.25, 0.3) is 92.7 Å². The Morgan fingerprint density at radius 2 is 0.980 bits per heavy atom. The van der Waals surface area contributed by atoms with Crippen LogP contribution in [-0.4, -0.2) is 14.5 Å². The van der Waals surface area contributed by atoms with Crippen LogP contribution in [0.4, 0.5) is 0 Å². The zero-order valence-electron chi connectivity index (χ0n) is 27.0. The highest BCUT2D eigenvalue weighted by Gasteiger charge is 2.21. The summed E-state index contributed by atoms with van der Waals surface area (Å²) in [5.74, 6) is 0.733. The van der Waals surface area contributed by atoms with Gasteiger partial charge in [-0.2, -0.15) is 0 Å². The molecule has 0 aliphatic rings. The largest absolute Gasteiger partial charge is 0.309 e. The van der Waals surface area contributed by atoms with Gasteiger partial charge < -0.3 is 4.57 Å². The molecule has 3 nitrogen and oxygen atoms in total. The Morgan fingerprint density at radius 3 is 1.64 bits per heavy atom. The second-order valence-corrected chi connectivity index (χ2v) is 13.6. The number of rotatable bonds is 5. The molecule has 234 valence electrons. The number of fused-ring (bicyclic) bond motifs is 7. The molecule has 0 N–H and O–H groups in total. The Kier molecular flexibility index (Phi) is 6.68. The van der Waals surface area contributed by atoms with Crippen LogP contribution in [0.5, 0.6) is 0 Å². The summed E-state index contributed by atoms with van der Waals surface area (Å²) in [5, 5.41) is 4.99. The molecular weight excluding hydrogens is 627 g/mol. The van der Waals surface area contributed by atoms with Gasteiger partial charge >= 0.3 is 0 Å². The number of para-hydroxylation sites is 1. The fraction of sp³-hybridized carbons (Fsp3) is 0. The van der Waals surface area contributed by atoms with Gasteiger partial charge in [-0.1, -0.05) is 133 Å². The summed E-state index contributed by atoms with van der Waals surface area (Å²) in [6.07, 6.45) is 0. The molecular formula is C46H29N3S. The first kappa shape index (κ1) is 28.6. The monoisotopic (exact) mass is 655 g/mol. The second-order valence-electron chi connectivity index (χ2n) is 12.6. The SMILES string of the molecule is c1ccc(-c2ccc3c(c2)c2c4sc5c(-c6nc(-c7ccccc7)cc(-c7ccccc7)n6)cccc5c4ccc2n3-c2ccccc2)cc1. The third kappa shape index (κ3) is 4.65. The molecule has 10 rings (SSSR count). The highest BCUT2D eigenvalue weighted by atomic mass is 32.1. The van der Waals surface area contributed by atoms with Gasteiger partial charge in [-0.05, 0) is 53.6 Å². The maximum absolute atomic E-state index is 5.21. The topological polar surface area (TPSA) is 30.7 Å². The van der Waals surface area contributed by atoms with Crippen molar-refractivity contribution in [2.45, 2.75) is 0 Å². The summed E-state index contributed by atoms with van der Waals surface area (Å²) in [4.78, 5) is 10.4. The van der Waals surface area contributed by atoms with Gasteiger partial charge in [-0.3, -0.25) is 0 Å². The number of benzene rings is 7. The Balaban J connectivity index is 1.26. The van der Waals surface area contributed by atoms with Gasteiger partial charge in [0.05, 0.1) is 22.4 Å². The van der Waals surface area contributed by atoms with Crippen molar-refractivity contribution < 1.29 is 0 Å². The molecule has 0 amide bonds. The molecule has 0 aliphatic carbocycles. The lowest BCUT2D eigenvalue weighted by molar-refractivity contribution is 1.18. The fourth-order valence-electron chi connectivity index (χ4n) is 7.28. The Morgan fingerprint density at radius 1 is 0.400 bits per heavy atom. The van der Waals surface area contributed by atoms with E-state index in [1.807, 2.05) is 23.5 Å². The molecule has 3 heterocycles. The number of hydrogen-bond acceptors (Lipinski definition) is 3. The summed E-state index contributed by atoms with van der Waals surface area (Å²) >= 11 is 1.85. The van der Waals surface area contributed by atoms with Crippen LogP contribution in [0.3, 0.4) is 0 Å². The van der Waals surface area contributed by atoms with Gasteiger partial charge in [0.1, 0.15) is 0 Å². The van der Waals surface area contributed by atoms with Crippen LogP contribution in [-0.2, 0) is 0 Å². The Hall–Kier alpha value is -6.36. The van der Waals surface area contributed by atoms with Crippen molar-refractivity contribution in [3.8, 4) is 50.7 Å². The average molecular weight is 656 g/mol. The number of hydrogen-bond donors (Lipinski definition) is 0. The van der Waals surface area contributed by atoms with E-state index in [9.17, 15) is 0 Å². The van der Waals surface area contributed by atoms with Crippen LogP contribution < -0.4 is 0 Å². The molecule has 3 aromatic heterocycles. The third-order valence-electron chi connectivity index (χ3n) is 9.62. The molecule has 0 fully saturated rings. The van der Waals surface area contributed by atoms with Crippen LogP contribution in [0.2, 0.25) is 0 Å². The first-order valence-electron chi connectivity index (χ1n) is 16.8. The van der Waals surface area contributed by atoms with Crippen molar-refractivity contribution in [2.24, 2.45) is 0 Å². The minimum Gasteiger partial charge on any atom is -0.309 e. The molecule has 0 bridgehead atoms. The maximum atomic E-state index is 5.21. The molecule has 0 atom stereocenters. The summed E-state index contributed by atoms with van der Waals surface area (Å²) in [7, 11) is 0. The molecule has 0 saturated heterocycles. The van der Waals surface area contributed by atoms with E-state index < -0.39 is 0 Å². The molecule has 0 saturated carbocycles. The van der Waals surface area contributed by atoms with E-state index in [2.05, 4.69) is 168 Å². The lowest BCUT2D eigenvalue weighted by Crippen LogP contribution is -1.96. The van der Waals surface area contributed by atoms with Crippen LogP contribution in [0, 0.1) is 0 Å². The number of aromatic nitrogens is 3. The van der Waals surface area contributed by atoms with Crippen molar-refractivity contribution in [3.63, 3.8) is 0 Å². The van der Waals surface area contributed by atoms with Crippen molar-refractivity contribution in [3.05, 3.63) is 176 Å². The Bertz CT molecular complexity index is 2780. The van der Waals surface area contributed by atoms with E-state index in [0.717, 1.165) is 39.6 Å². The number of nitrogens with zero attached hydrogens (tertiary/aromatic N) is 3. The highest BCUT2D eigenvalue weighted by Crippen LogP contribution is 2.46. The predicted molar refractivity (Wildman–Crippen MR) is 211 cm³/mol. The smallest absolute Gasteiger partial charge is 0.161 e. The van der Waals surface area contributed by atoms with Crippen LogP contribution in [0.1, 0.15) is 0 Å². The Labute approximate surface area is 293 Å². The van der Waals surface area contributed by atoms with Gasteiger partial charge in [0, 0.05) is 53.3 Å². The molecule has 0 spiro atoms. The van der Waals surface area contributed by atoms with Crippen molar-refractivity contribution in [1.29, 1.82) is 0 Å². The second kappa shape index (κ2) is 11.7. The third-order valence-corrected chi connectivity index (χ3v) is 10.9. The zero-order valence-corrected chi connectivity index (χ0v) is 27.8. The molecule has 0 radical (unpaired) electrons. The van der Waals surface area contributed by atoms with Crippen molar-refractivity contribution >= 4 is 53.3 Å². The molecule has 4 heteroatoms. The minimum absolute atomic E-state index is 0.733. The van der Waals surface area contributed by atoms with E-state index in [1.54, 1.807) is 0 Å². The predicted octanol–water partition coefficient (Wildman–Crippen LogP) is 12.6. The summed E-state index contributed by atoms with van der Waals surface area (Å²) < 4.78 is 4.87. The quantitative estimate of drug-likeness (QED) is 0.185. The fourth-order valence-corrected chi connectivity index (χ4v) is 8.65. The zero-order chi connectivity index (χ0) is 33.0. The van der Waals surface area contributed by atoms with E-state index in [4.69, 9.17) is 9.97 Å². The normalized spacial score (nSPS) is 11.6. The van der Waals surface area contributed by atoms with Crippen molar-refractivity contribution in [1.82, 2.24) is 14.5 Å². The van der Waals surface area contributed by atoms with Gasteiger partial charge in [-0.15, -0.1) is 11.3 Å². The molecule has 0 aliphatic heterocycles. The first-order chi connectivity index (χ1) is 24.8. The average Bonchev–Trinajstić information content (AvgIpc) is 3.74. The van der Waals surface area contributed by atoms with Crippen LogP contribution >= 0.6 is 11.3 Å². The minimum atomic E-state index is 0.733. The van der Waals surface area contributed by atoms with Gasteiger partial charge in [-0.25, -0.2) is 9.97 Å². The lowest BCUT2D eigenvalue weighted by Gasteiger charge is -2.10. The molecule has 10 aromatic rings. The van der Waals surface area contributed by atoms with E-state index in [1.165, 1.54) is 53.1 Å². The van der Waals surface area contributed by atoms with E-state index in [0.29, 0.717) is 0 Å².